The van der Waals surface area contributed by atoms with Gasteiger partial charge < -0.3 is 15.4 Å². The largest absolute Gasteiger partial charge is 0.469 e. The lowest BCUT2D eigenvalue weighted by Gasteiger charge is -2.28. The molecule has 0 bridgehead atoms. The van der Waals surface area contributed by atoms with E-state index in [0.717, 1.165) is 16.7 Å². The molecule has 2 amide bonds. The molecular weight excluding hydrogens is 508 g/mol. The van der Waals surface area contributed by atoms with Gasteiger partial charge in [-0.15, -0.1) is 0 Å². The Bertz CT molecular complexity index is 1490. The van der Waals surface area contributed by atoms with E-state index in [1.54, 1.807) is 29.3 Å². The topological polar surface area (TPSA) is 131 Å². The van der Waals surface area contributed by atoms with Gasteiger partial charge >= 0.3 is 5.97 Å². The Labute approximate surface area is 232 Å². The summed E-state index contributed by atoms with van der Waals surface area (Å²) in [6.45, 7) is 5.00. The van der Waals surface area contributed by atoms with Gasteiger partial charge in [0.2, 0.25) is 0 Å². The van der Waals surface area contributed by atoms with Gasteiger partial charge in [0.05, 0.1) is 25.9 Å². The molecule has 2 aliphatic rings. The van der Waals surface area contributed by atoms with Gasteiger partial charge in [0.25, 0.3) is 11.8 Å². The molecule has 5 rings (SSSR count). The molecule has 10 heteroatoms. The van der Waals surface area contributed by atoms with Crippen LogP contribution in [0.5, 0.6) is 0 Å². The molecule has 1 atom stereocenters. The second-order valence-corrected chi connectivity index (χ2v) is 10.6. The van der Waals surface area contributed by atoms with E-state index >= 15 is 0 Å². The van der Waals surface area contributed by atoms with E-state index < -0.39 is 11.5 Å². The average Bonchev–Trinajstić information content (AvgIpc) is 3.47. The second kappa shape index (κ2) is 10.9. The fraction of sp³-hybridized carbons (Fsp3) is 0.333. The smallest absolute Gasteiger partial charge is 0.313 e. The summed E-state index contributed by atoms with van der Waals surface area (Å²) in [5, 5.41) is 0. The Morgan fingerprint density at radius 2 is 1.88 bits per heavy atom. The highest BCUT2D eigenvalue weighted by atomic mass is 16.5. The number of ether oxygens (including phenoxy) is 1. The van der Waals surface area contributed by atoms with Gasteiger partial charge in [0.15, 0.2) is 11.5 Å². The van der Waals surface area contributed by atoms with Crippen LogP contribution in [0.25, 0.3) is 0 Å². The molecule has 2 N–H and O–H groups in total. The number of guanidine groups is 1. The Hall–Kier alpha value is -4.60. The number of aromatic nitrogens is 2. The lowest BCUT2D eigenvalue weighted by Crippen LogP contribution is -2.43. The third-order valence-electron chi connectivity index (χ3n) is 7.17. The first kappa shape index (κ1) is 27.0. The van der Waals surface area contributed by atoms with Crippen molar-refractivity contribution >= 4 is 23.7 Å². The van der Waals surface area contributed by atoms with Crippen molar-refractivity contribution in [1.29, 1.82) is 0 Å². The van der Waals surface area contributed by atoms with E-state index in [9.17, 15) is 14.4 Å². The van der Waals surface area contributed by atoms with Crippen molar-refractivity contribution in [3.05, 3.63) is 94.6 Å². The van der Waals surface area contributed by atoms with Crippen molar-refractivity contribution in [3.63, 3.8) is 0 Å². The first-order valence-corrected chi connectivity index (χ1v) is 13.2. The van der Waals surface area contributed by atoms with Gasteiger partial charge in [0, 0.05) is 23.9 Å². The van der Waals surface area contributed by atoms with E-state index in [1.165, 1.54) is 12.0 Å². The predicted octanol–water partition coefficient (Wildman–Crippen LogP) is 2.95. The number of carbonyl (C=O) groups is 3. The molecule has 0 fully saturated rings. The normalized spacial score (nSPS) is 18.2. The summed E-state index contributed by atoms with van der Waals surface area (Å²) >= 11 is 0. The first-order valence-electron chi connectivity index (χ1n) is 13.2. The average molecular weight is 541 g/mol. The number of nitrogens with two attached hydrogens (primary N) is 1. The molecule has 0 saturated heterocycles. The second-order valence-electron chi connectivity index (χ2n) is 10.6. The fourth-order valence-corrected chi connectivity index (χ4v) is 5.32. The molecule has 2 aromatic carbocycles. The summed E-state index contributed by atoms with van der Waals surface area (Å²) in [6.07, 6.45) is 2.16. The Morgan fingerprint density at radius 3 is 2.60 bits per heavy atom. The van der Waals surface area contributed by atoms with Crippen molar-refractivity contribution < 1.29 is 19.1 Å². The summed E-state index contributed by atoms with van der Waals surface area (Å²) < 4.78 is 4.69. The number of rotatable bonds is 8. The van der Waals surface area contributed by atoms with Crippen molar-refractivity contribution in [1.82, 2.24) is 19.8 Å². The van der Waals surface area contributed by atoms with E-state index in [1.807, 2.05) is 36.4 Å². The maximum Gasteiger partial charge on any atom is 0.313 e. The molecule has 1 aromatic heterocycles. The maximum atomic E-state index is 13.9. The molecule has 0 radical (unpaired) electrons. The van der Waals surface area contributed by atoms with Crippen LogP contribution in [-0.4, -0.2) is 50.6 Å². The zero-order chi connectivity index (χ0) is 28.4. The number of aliphatic imine (C=N–C) groups is 1. The van der Waals surface area contributed by atoms with Crippen LogP contribution in [0, 0.1) is 5.92 Å². The number of amides is 2. The number of nitrogens with zero attached hydrogens (tertiary/aromatic N) is 5. The van der Waals surface area contributed by atoms with Gasteiger partial charge in [0.1, 0.15) is 12.2 Å². The van der Waals surface area contributed by atoms with Crippen LogP contribution in [0.1, 0.15) is 58.8 Å². The maximum absolute atomic E-state index is 13.9. The van der Waals surface area contributed by atoms with Crippen LogP contribution in [0.4, 0.5) is 0 Å². The molecule has 1 unspecified atom stereocenters. The van der Waals surface area contributed by atoms with Crippen LogP contribution in [0.2, 0.25) is 0 Å². The zero-order valence-electron chi connectivity index (χ0n) is 22.8. The minimum atomic E-state index is -1.07. The van der Waals surface area contributed by atoms with E-state index in [2.05, 4.69) is 23.8 Å². The highest BCUT2D eigenvalue weighted by Gasteiger charge is 2.49. The number of carbonyl (C=O) groups excluding carboxylic acids is 3. The van der Waals surface area contributed by atoms with Gasteiger partial charge in [-0.1, -0.05) is 56.3 Å². The highest BCUT2D eigenvalue weighted by molar-refractivity contribution is 6.07. The van der Waals surface area contributed by atoms with E-state index in [0.29, 0.717) is 36.6 Å². The molecule has 10 nitrogen and oxygen atoms in total. The molecule has 2 aliphatic heterocycles. The monoisotopic (exact) mass is 540 g/mol. The predicted molar refractivity (Wildman–Crippen MR) is 148 cm³/mol. The van der Waals surface area contributed by atoms with Crippen LogP contribution in [0.3, 0.4) is 0 Å². The number of hydrogen-bond donors (Lipinski definition) is 1. The van der Waals surface area contributed by atoms with E-state index in [4.69, 9.17) is 15.5 Å². The molecule has 3 aromatic rings. The van der Waals surface area contributed by atoms with Gasteiger partial charge in [-0.3, -0.25) is 19.3 Å². The van der Waals surface area contributed by atoms with Crippen LogP contribution in [-0.2, 0) is 45.9 Å². The third kappa shape index (κ3) is 5.16. The molecule has 40 heavy (non-hydrogen) atoms. The van der Waals surface area contributed by atoms with Crippen LogP contribution in [0.15, 0.2) is 65.8 Å². The zero-order valence-corrected chi connectivity index (χ0v) is 22.8. The van der Waals surface area contributed by atoms with Gasteiger partial charge in [-0.05, 0) is 35.6 Å². The van der Waals surface area contributed by atoms with Crippen LogP contribution >= 0.6 is 0 Å². The Kier molecular flexibility index (Phi) is 7.34. The number of methoxy groups -OCH3 is 1. The number of esters is 1. The summed E-state index contributed by atoms with van der Waals surface area (Å²) in [5.41, 5.74) is 8.90. The van der Waals surface area contributed by atoms with E-state index in [-0.39, 0.29) is 36.7 Å². The van der Waals surface area contributed by atoms with Crippen molar-refractivity contribution in [3.8, 4) is 0 Å². The molecule has 0 spiro atoms. The number of hydrogen-bond acceptors (Lipinski definition) is 8. The van der Waals surface area contributed by atoms with Crippen molar-refractivity contribution in [2.45, 2.75) is 51.9 Å². The van der Waals surface area contributed by atoms with Gasteiger partial charge in [-0.2, -0.15) is 0 Å². The van der Waals surface area contributed by atoms with Crippen molar-refractivity contribution in [2.24, 2.45) is 16.6 Å². The summed E-state index contributed by atoms with van der Waals surface area (Å²) in [5.74, 6) is -0.00862. The third-order valence-corrected chi connectivity index (χ3v) is 7.17. The first-order chi connectivity index (χ1) is 19.2. The lowest BCUT2D eigenvalue weighted by atomic mass is 9.82. The standard InChI is InChI=1S/C30H32N6O4/c1-19(2)14-30(23-10-5-4-6-11-23)28(39)36(29(31)34-30)16-20-8-7-9-21(12-20)27(38)35-17-22-15-32-25(13-26(37)40-3)33-24(22)18-35/h4-12,15,19H,13-14,16-18H2,1-3H3,(H2,31,34). The Balaban J connectivity index is 1.32. The molecule has 206 valence electrons. The minimum Gasteiger partial charge on any atom is -0.469 e. The SMILES string of the molecule is COC(=O)Cc1ncc2c(n1)CN(C(=O)c1cccc(CN3C(=O)C(CC(C)C)(c4ccccc4)N=C3N)c1)C2. The lowest BCUT2D eigenvalue weighted by molar-refractivity contribution is -0.140. The Morgan fingerprint density at radius 1 is 1.10 bits per heavy atom. The fourth-order valence-electron chi connectivity index (χ4n) is 5.32. The summed E-state index contributed by atoms with van der Waals surface area (Å²) in [4.78, 5) is 55.5. The van der Waals surface area contributed by atoms with Crippen LogP contribution < -0.4 is 5.73 Å². The summed E-state index contributed by atoms with van der Waals surface area (Å²) in [7, 11) is 1.32. The van der Waals surface area contributed by atoms with Crippen molar-refractivity contribution in [2.75, 3.05) is 7.11 Å². The molecule has 3 heterocycles. The van der Waals surface area contributed by atoms with Gasteiger partial charge in [-0.25, -0.2) is 15.0 Å². The summed E-state index contributed by atoms with van der Waals surface area (Å²) in [6, 6.07) is 16.7. The number of fused-ring (bicyclic) bond motifs is 1. The molecular formula is C30H32N6O4. The minimum absolute atomic E-state index is 0.0237. The molecule has 0 saturated carbocycles. The number of benzene rings is 2. The quantitative estimate of drug-likeness (QED) is 0.435. The highest BCUT2D eigenvalue weighted by Crippen LogP contribution is 2.39. The molecule has 0 aliphatic carbocycles.